The van der Waals surface area contributed by atoms with Crippen LogP contribution < -0.4 is 5.73 Å². The van der Waals surface area contributed by atoms with Crippen LogP contribution in [0, 0.1) is 29.6 Å². The predicted octanol–water partition coefficient (Wildman–Crippen LogP) is 2.64. The molecule has 0 aromatic carbocycles. The molecule has 2 N–H and O–H groups in total. The lowest BCUT2D eigenvalue weighted by Gasteiger charge is -2.56. The summed E-state index contributed by atoms with van der Waals surface area (Å²) < 4.78 is 0. The molecule has 4 bridgehead atoms. The van der Waals surface area contributed by atoms with Gasteiger partial charge in [-0.1, -0.05) is 20.3 Å². The van der Waals surface area contributed by atoms with E-state index in [0.717, 1.165) is 30.1 Å². The van der Waals surface area contributed by atoms with E-state index in [1.165, 1.54) is 32.1 Å². The Labute approximate surface area is 123 Å². The third kappa shape index (κ3) is 2.28. The molecule has 0 aliphatic heterocycles. The molecular formula is C17H30N2O. The highest BCUT2D eigenvalue weighted by Crippen LogP contribution is 2.55. The van der Waals surface area contributed by atoms with Crippen molar-refractivity contribution in [3.63, 3.8) is 0 Å². The van der Waals surface area contributed by atoms with Gasteiger partial charge in [0.05, 0.1) is 6.04 Å². The van der Waals surface area contributed by atoms with Crippen LogP contribution in [0.15, 0.2) is 0 Å². The van der Waals surface area contributed by atoms with Crippen molar-refractivity contribution < 1.29 is 4.79 Å². The van der Waals surface area contributed by atoms with Gasteiger partial charge in [-0.15, -0.1) is 0 Å². The van der Waals surface area contributed by atoms with E-state index >= 15 is 0 Å². The van der Waals surface area contributed by atoms with Gasteiger partial charge in [0.1, 0.15) is 0 Å². The van der Waals surface area contributed by atoms with E-state index in [0.29, 0.717) is 6.04 Å². The molecule has 0 aromatic heterocycles. The summed E-state index contributed by atoms with van der Waals surface area (Å²) in [4.78, 5) is 14.7. The Morgan fingerprint density at radius 2 is 1.65 bits per heavy atom. The Morgan fingerprint density at radius 3 is 2.10 bits per heavy atom. The number of hydrogen-bond acceptors (Lipinski definition) is 2. The molecule has 1 amide bonds. The maximum absolute atomic E-state index is 12.7. The average molecular weight is 278 g/mol. The first-order valence-corrected chi connectivity index (χ1v) is 8.53. The molecule has 4 aliphatic rings. The number of carbonyl (C=O) groups is 1. The average Bonchev–Trinajstić information content (AvgIpc) is 2.43. The van der Waals surface area contributed by atoms with Gasteiger partial charge in [-0.2, -0.15) is 0 Å². The summed E-state index contributed by atoms with van der Waals surface area (Å²) in [6.45, 7) is 4.20. The van der Waals surface area contributed by atoms with Crippen LogP contribution in [0.5, 0.6) is 0 Å². The smallest absolute Gasteiger partial charge is 0.239 e. The standard InChI is InChI=1S/C17H30N2O/c1-4-10(2)15(18)17(20)19(3)16-13-6-11-5-12(8-13)9-14(16)7-11/h10-16H,4-9,18H2,1-3H3/t10?,11?,12?,13?,14?,15-,16?/m0/s1. The summed E-state index contributed by atoms with van der Waals surface area (Å²) in [5, 5.41) is 0. The number of hydrogen-bond donors (Lipinski definition) is 1. The summed E-state index contributed by atoms with van der Waals surface area (Å²) in [5.74, 6) is 3.88. The number of nitrogens with two attached hydrogens (primary N) is 1. The summed E-state index contributed by atoms with van der Waals surface area (Å²) >= 11 is 0. The summed E-state index contributed by atoms with van der Waals surface area (Å²) in [6, 6.07) is 0.160. The zero-order valence-electron chi connectivity index (χ0n) is 13.2. The monoisotopic (exact) mass is 278 g/mol. The lowest BCUT2D eigenvalue weighted by atomic mass is 9.54. The second-order valence-electron chi connectivity index (χ2n) is 7.78. The van der Waals surface area contributed by atoms with Crippen molar-refractivity contribution >= 4 is 5.91 Å². The Kier molecular flexibility index (Phi) is 3.83. The number of amides is 1. The molecule has 4 aliphatic carbocycles. The highest BCUT2D eigenvalue weighted by Gasteiger charge is 2.50. The van der Waals surface area contributed by atoms with Crippen LogP contribution in [-0.2, 0) is 4.79 Å². The third-order valence-corrected chi connectivity index (χ3v) is 6.51. The molecular weight excluding hydrogens is 248 g/mol. The molecule has 2 atom stereocenters. The molecule has 4 saturated carbocycles. The Bertz CT molecular complexity index is 353. The Hall–Kier alpha value is -0.570. The van der Waals surface area contributed by atoms with Crippen molar-refractivity contribution in [1.82, 2.24) is 4.90 Å². The van der Waals surface area contributed by atoms with Crippen LogP contribution >= 0.6 is 0 Å². The van der Waals surface area contributed by atoms with Crippen molar-refractivity contribution in [3.05, 3.63) is 0 Å². The van der Waals surface area contributed by atoms with Gasteiger partial charge < -0.3 is 10.6 Å². The van der Waals surface area contributed by atoms with Crippen LogP contribution in [0.25, 0.3) is 0 Å². The summed E-state index contributed by atoms with van der Waals surface area (Å²) in [6.07, 6.45) is 7.86. The van der Waals surface area contributed by atoms with E-state index in [1.807, 2.05) is 11.9 Å². The van der Waals surface area contributed by atoms with E-state index in [2.05, 4.69) is 13.8 Å². The van der Waals surface area contributed by atoms with Gasteiger partial charge in [-0.3, -0.25) is 4.79 Å². The third-order valence-electron chi connectivity index (χ3n) is 6.51. The molecule has 20 heavy (non-hydrogen) atoms. The quantitative estimate of drug-likeness (QED) is 0.859. The molecule has 3 heteroatoms. The topological polar surface area (TPSA) is 46.3 Å². The van der Waals surface area contributed by atoms with Gasteiger partial charge in [0.2, 0.25) is 5.91 Å². The van der Waals surface area contributed by atoms with Crippen molar-refractivity contribution in [1.29, 1.82) is 0 Å². The van der Waals surface area contributed by atoms with E-state index < -0.39 is 0 Å². The lowest BCUT2D eigenvalue weighted by Crippen LogP contribution is -2.59. The lowest BCUT2D eigenvalue weighted by molar-refractivity contribution is -0.143. The number of nitrogens with zero attached hydrogens (tertiary/aromatic N) is 1. The zero-order valence-corrected chi connectivity index (χ0v) is 13.2. The van der Waals surface area contributed by atoms with Crippen molar-refractivity contribution in [2.45, 2.75) is 64.5 Å². The van der Waals surface area contributed by atoms with Crippen LogP contribution in [0.1, 0.15) is 52.4 Å². The van der Waals surface area contributed by atoms with Gasteiger partial charge in [0.15, 0.2) is 0 Å². The largest absolute Gasteiger partial charge is 0.341 e. The van der Waals surface area contributed by atoms with Crippen molar-refractivity contribution in [2.24, 2.45) is 35.3 Å². The van der Waals surface area contributed by atoms with Gasteiger partial charge in [0.25, 0.3) is 0 Å². The van der Waals surface area contributed by atoms with Crippen LogP contribution in [0.4, 0.5) is 0 Å². The Balaban J connectivity index is 1.71. The second-order valence-corrected chi connectivity index (χ2v) is 7.78. The maximum atomic E-state index is 12.7. The van der Waals surface area contributed by atoms with Gasteiger partial charge in [-0.25, -0.2) is 0 Å². The molecule has 3 nitrogen and oxygen atoms in total. The summed E-state index contributed by atoms with van der Waals surface area (Å²) in [5.41, 5.74) is 6.17. The van der Waals surface area contributed by atoms with Crippen LogP contribution in [-0.4, -0.2) is 29.9 Å². The number of rotatable bonds is 4. The minimum absolute atomic E-state index is 0.178. The van der Waals surface area contributed by atoms with Crippen LogP contribution in [0.2, 0.25) is 0 Å². The van der Waals surface area contributed by atoms with Gasteiger partial charge >= 0.3 is 0 Å². The first kappa shape index (κ1) is 14.4. The maximum Gasteiger partial charge on any atom is 0.239 e. The molecule has 0 aromatic rings. The van der Waals surface area contributed by atoms with Gasteiger partial charge in [0, 0.05) is 13.1 Å². The van der Waals surface area contributed by atoms with Crippen molar-refractivity contribution in [3.8, 4) is 0 Å². The normalized spacial score (nSPS) is 41.5. The number of likely N-dealkylation sites (N-methyl/N-ethyl adjacent to an activating group) is 1. The highest BCUT2D eigenvalue weighted by atomic mass is 16.2. The molecule has 0 saturated heterocycles. The molecule has 114 valence electrons. The molecule has 4 fully saturated rings. The first-order chi connectivity index (χ1) is 9.51. The van der Waals surface area contributed by atoms with E-state index in [-0.39, 0.29) is 17.9 Å². The predicted molar refractivity (Wildman–Crippen MR) is 81.0 cm³/mol. The van der Waals surface area contributed by atoms with Gasteiger partial charge in [-0.05, 0) is 61.7 Å². The molecule has 0 radical (unpaired) electrons. The van der Waals surface area contributed by atoms with Crippen LogP contribution in [0.3, 0.4) is 0 Å². The van der Waals surface area contributed by atoms with Crippen molar-refractivity contribution in [2.75, 3.05) is 7.05 Å². The fourth-order valence-corrected chi connectivity index (χ4v) is 5.41. The zero-order chi connectivity index (χ0) is 14.4. The number of carbonyl (C=O) groups excluding carboxylic acids is 1. The fraction of sp³-hybridized carbons (Fsp3) is 0.941. The summed E-state index contributed by atoms with van der Waals surface area (Å²) in [7, 11) is 2.01. The van der Waals surface area contributed by atoms with E-state index in [1.54, 1.807) is 0 Å². The second kappa shape index (κ2) is 5.32. The minimum Gasteiger partial charge on any atom is -0.341 e. The van der Waals surface area contributed by atoms with E-state index in [9.17, 15) is 4.79 Å². The SMILES string of the molecule is CCC(C)[C@H](N)C(=O)N(C)C1C2CC3CC(C2)CC1C3. The molecule has 0 spiro atoms. The minimum atomic E-state index is -0.317. The van der Waals surface area contributed by atoms with E-state index in [4.69, 9.17) is 5.73 Å². The molecule has 4 rings (SSSR count). The first-order valence-electron chi connectivity index (χ1n) is 8.53. The Morgan fingerprint density at radius 1 is 1.15 bits per heavy atom. The highest BCUT2D eigenvalue weighted by molar-refractivity contribution is 5.82. The fourth-order valence-electron chi connectivity index (χ4n) is 5.41. The molecule has 0 heterocycles. The molecule has 1 unspecified atom stereocenters.